The van der Waals surface area contributed by atoms with E-state index in [1.54, 1.807) is 7.05 Å². The Morgan fingerprint density at radius 3 is 3.05 bits per heavy atom. The molecule has 108 valence electrons. The standard InChI is InChI=1S/C16H16ClN3O/c1-20-14(17)12(9-18-20)15(21)19-16-7-6-10(8-16)11-4-2-3-5-13(11)16/h2-5,9-10H,6-8H2,1H3,(H,19,21)/t10?,16-/m1/s1. The van der Waals surface area contributed by atoms with Crippen LogP contribution in [0.15, 0.2) is 30.5 Å². The number of aryl methyl sites for hydroxylation is 1. The number of rotatable bonds is 2. The van der Waals surface area contributed by atoms with Gasteiger partial charge in [0.2, 0.25) is 0 Å². The normalized spacial score (nSPS) is 25.9. The Hall–Kier alpha value is -1.81. The van der Waals surface area contributed by atoms with Gasteiger partial charge in [0.15, 0.2) is 0 Å². The molecule has 5 heteroatoms. The van der Waals surface area contributed by atoms with Crippen LogP contribution < -0.4 is 5.32 Å². The van der Waals surface area contributed by atoms with Crippen molar-refractivity contribution >= 4 is 17.5 Å². The number of fused-ring (bicyclic) bond motifs is 5. The van der Waals surface area contributed by atoms with Crippen molar-refractivity contribution in [2.45, 2.75) is 30.7 Å². The van der Waals surface area contributed by atoms with E-state index in [0.29, 0.717) is 16.6 Å². The third-order valence-electron chi connectivity index (χ3n) is 4.89. The molecule has 1 N–H and O–H groups in total. The molecule has 4 nitrogen and oxygen atoms in total. The summed E-state index contributed by atoms with van der Waals surface area (Å²) in [7, 11) is 1.73. The molecule has 1 amide bonds. The molecule has 1 aromatic carbocycles. The average molecular weight is 302 g/mol. The van der Waals surface area contributed by atoms with Gasteiger partial charge in [-0.25, -0.2) is 0 Å². The summed E-state index contributed by atoms with van der Waals surface area (Å²) in [6.45, 7) is 0. The Morgan fingerprint density at radius 1 is 1.48 bits per heavy atom. The molecule has 1 fully saturated rings. The van der Waals surface area contributed by atoms with E-state index in [-0.39, 0.29) is 11.4 Å². The highest BCUT2D eigenvalue weighted by atomic mass is 35.5. The third kappa shape index (κ3) is 1.75. The molecule has 1 saturated carbocycles. The summed E-state index contributed by atoms with van der Waals surface area (Å²) in [5, 5.41) is 7.65. The molecular weight excluding hydrogens is 286 g/mol. The molecule has 0 spiro atoms. The maximum Gasteiger partial charge on any atom is 0.256 e. The van der Waals surface area contributed by atoms with Crippen molar-refractivity contribution in [3.05, 3.63) is 52.3 Å². The number of nitrogens with one attached hydrogen (secondary N) is 1. The van der Waals surface area contributed by atoms with E-state index >= 15 is 0 Å². The van der Waals surface area contributed by atoms with Gasteiger partial charge < -0.3 is 5.32 Å². The van der Waals surface area contributed by atoms with Crippen molar-refractivity contribution in [2.24, 2.45) is 7.05 Å². The lowest BCUT2D eigenvalue weighted by Gasteiger charge is -2.30. The van der Waals surface area contributed by atoms with E-state index in [9.17, 15) is 4.79 Å². The fraction of sp³-hybridized carbons (Fsp3) is 0.375. The molecule has 1 heterocycles. The molecule has 2 aliphatic carbocycles. The number of halogens is 1. The van der Waals surface area contributed by atoms with Crippen LogP contribution in [-0.4, -0.2) is 15.7 Å². The molecule has 4 rings (SSSR count). The fourth-order valence-corrected chi connectivity index (χ4v) is 4.06. The van der Waals surface area contributed by atoms with Crippen LogP contribution in [0.3, 0.4) is 0 Å². The molecule has 2 aliphatic rings. The van der Waals surface area contributed by atoms with Crippen LogP contribution in [0.1, 0.15) is 46.7 Å². The van der Waals surface area contributed by atoms with Gasteiger partial charge in [0.25, 0.3) is 5.91 Å². The van der Waals surface area contributed by atoms with E-state index in [0.717, 1.165) is 19.3 Å². The number of carbonyl (C=O) groups excluding carboxylic acids is 1. The smallest absolute Gasteiger partial charge is 0.256 e. The van der Waals surface area contributed by atoms with Gasteiger partial charge in [-0.15, -0.1) is 0 Å². The minimum atomic E-state index is -0.225. The number of amides is 1. The summed E-state index contributed by atoms with van der Waals surface area (Å²) < 4.78 is 1.51. The van der Waals surface area contributed by atoms with Crippen molar-refractivity contribution in [2.75, 3.05) is 0 Å². The first-order chi connectivity index (χ1) is 10.1. The Balaban J connectivity index is 1.69. The first kappa shape index (κ1) is 12.9. The van der Waals surface area contributed by atoms with Gasteiger partial charge in [-0.3, -0.25) is 9.48 Å². The summed E-state index contributed by atoms with van der Waals surface area (Å²) in [6.07, 6.45) is 4.66. The quantitative estimate of drug-likeness (QED) is 0.927. The lowest BCUT2D eigenvalue weighted by molar-refractivity contribution is 0.0900. The first-order valence-corrected chi connectivity index (χ1v) is 7.58. The second-order valence-electron chi connectivity index (χ2n) is 6.04. The zero-order valence-corrected chi connectivity index (χ0v) is 12.5. The minimum Gasteiger partial charge on any atom is -0.342 e. The fourth-order valence-electron chi connectivity index (χ4n) is 3.88. The maximum atomic E-state index is 12.6. The van der Waals surface area contributed by atoms with Crippen LogP contribution in [0.5, 0.6) is 0 Å². The number of nitrogens with zero attached hydrogens (tertiary/aromatic N) is 2. The van der Waals surface area contributed by atoms with E-state index in [2.05, 4.69) is 28.6 Å². The Morgan fingerprint density at radius 2 is 2.29 bits per heavy atom. The highest BCUT2D eigenvalue weighted by Gasteiger charge is 2.49. The number of hydrogen-bond acceptors (Lipinski definition) is 2. The molecule has 2 aromatic rings. The molecular formula is C16H16ClN3O. The molecule has 1 unspecified atom stereocenters. The molecule has 2 bridgehead atoms. The van der Waals surface area contributed by atoms with Gasteiger partial charge >= 0.3 is 0 Å². The Labute approximate surface area is 128 Å². The van der Waals surface area contributed by atoms with E-state index in [1.165, 1.54) is 22.0 Å². The Bertz CT molecular complexity index is 739. The second-order valence-corrected chi connectivity index (χ2v) is 6.39. The summed E-state index contributed by atoms with van der Waals surface area (Å²) >= 11 is 6.13. The summed E-state index contributed by atoms with van der Waals surface area (Å²) in [4.78, 5) is 12.6. The zero-order valence-electron chi connectivity index (χ0n) is 11.8. The van der Waals surface area contributed by atoms with E-state index < -0.39 is 0 Å². The number of carbonyl (C=O) groups is 1. The van der Waals surface area contributed by atoms with Crippen molar-refractivity contribution < 1.29 is 4.79 Å². The minimum absolute atomic E-state index is 0.134. The predicted molar refractivity (Wildman–Crippen MR) is 80.4 cm³/mol. The lowest BCUT2D eigenvalue weighted by Crippen LogP contribution is -2.43. The van der Waals surface area contributed by atoms with E-state index in [4.69, 9.17) is 11.6 Å². The molecule has 0 radical (unpaired) electrons. The molecule has 0 saturated heterocycles. The van der Waals surface area contributed by atoms with Crippen LogP contribution >= 0.6 is 11.6 Å². The van der Waals surface area contributed by atoms with Crippen molar-refractivity contribution in [1.29, 1.82) is 0 Å². The van der Waals surface area contributed by atoms with Crippen LogP contribution in [0.2, 0.25) is 5.15 Å². The van der Waals surface area contributed by atoms with Crippen LogP contribution in [0, 0.1) is 0 Å². The van der Waals surface area contributed by atoms with Crippen molar-refractivity contribution in [1.82, 2.24) is 15.1 Å². The van der Waals surface area contributed by atoms with Gasteiger partial charge in [0, 0.05) is 7.05 Å². The summed E-state index contributed by atoms with van der Waals surface area (Å²) in [6, 6.07) is 8.45. The largest absolute Gasteiger partial charge is 0.342 e. The molecule has 2 atom stereocenters. The maximum absolute atomic E-state index is 12.6. The SMILES string of the molecule is Cn1ncc(C(=O)N[C@]23CCC(C2)c2ccccc23)c1Cl. The molecule has 0 aliphatic heterocycles. The third-order valence-corrected chi connectivity index (χ3v) is 5.34. The van der Waals surface area contributed by atoms with Gasteiger partial charge in [-0.2, -0.15) is 5.10 Å². The van der Waals surface area contributed by atoms with Crippen LogP contribution in [0.4, 0.5) is 0 Å². The number of hydrogen-bond donors (Lipinski definition) is 1. The Kier molecular flexibility index (Phi) is 2.67. The predicted octanol–water partition coefficient (Wildman–Crippen LogP) is 2.98. The van der Waals surface area contributed by atoms with Crippen LogP contribution in [-0.2, 0) is 12.6 Å². The molecule has 1 aromatic heterocycles. The number of aromatic nitrogens is 2. The molecule has 21 heavy (non-hydrogen) atoms. The highest BCUT2D eigenvalue weighted by Crippen LogP contribution is 2.55. The first-order valence-electron chi connectivity index (χ1n) is 7.20. The lowest BCUT2D eigenvalue weighted by atomic mass is 9.86. The highest BCUT2D eigenvalue weighted by molar-refractivity contribution is 6.32. The van der Waals surface area contributed by atoms with Crippen molar-refractivity contribution in [3.8, 4) is 0 Å². The van der Waals surface area contributed by atoms with Gasteiger partial charge in [-0.1, -0.05) is 35.9 Å². The average Bonchev–Trinajstić information content (AvgIpc) is 3.13. The van der Waals surface area contributed by atoms with Gasteiger partial charge in [-0.05, 0) is 36.3 Å². The summed E-state index contributed by atoms with van der Waals surface area (Å²) in [5.41, 5.74) is 2.88. The topological polar surface area (TPSA) is 46.9 Å². The zero-order chi connectivity index (χ0) is 14.6. The van der Waals surface area contributed by atoms with Crippen molar-refractivity contribution in [3.63, 3.8) is 0 Å². The van der Waals surface area contributed by atoms with Gasteiger partial charge in [0.1, 0.15) is 5.15 Å². The number of benzene rings is 1. The van der Waals surface area contributed by atoms with Crippen LogP contribution in [0.25, 0.3) is 0 Å². The summed E-state index contributed by atoms with van der Waals surface area (Å²) in [5.74, 6) is 0.441. The van der Waals surface area contributed by atoms with Gasteiger partial charge in [0.05, 0.1) is 17.3 Å². The van der Waals surface area contributed by atoms with E-state index in [1.807, 2.05) is 6.07 Å². The second kappa shape index (κ2) is 4.34. The monoisotopic (exact) mass is 301 g/mol.